The first kappa shape index (κ1) is 17.8. The molecule has 3 aliphatic rings. The SMILES string of the molecule is Cc1ccnc(N2CC3CN(C(=O)C4CCCCCC4)CC3(CO)C2)c1. The van der Waals surface area contributed by atoms with E-state index in [1.54, 1.807) is 0 Å². The highest BCUT2D eigenvalue weighted by Crippen LogP contribution is 2.44. The second-order valence-electron chi connectivity index (χ2n) is 8.70. The van der Waals surface area contributed by atoms with Crippen molar-refractivity contribution in [1.82, 2.24) is 9.88 Å². The highest BCUT2D eigenvalue weighted by molar-refractivity contribution is 5.79. The van der Waals surface area contributed by atoms with Gasteiger partial charge in [0.1, 0.15) is 5.82 Å². The third-order valence-electron chi connectivity index (χ3n) is 6.82. The number of rotatable bonds is 3. The number of fused-ring (bicyclic) bond motifs is 1. The topological polar surface area (TPSA) is 56.7 Å². The van der Waals surface area contributed by atoms with Crippen LogP contribution in [0.15, 0.2) is 18.3 Å². The number of hydrogen-bond donors (Lipinski definition) is 1. The predicted molar refractivity (Wildman–Crippen MR) is 102 cm³/mol. The summed E-state index contributed by atoms with van der Waals surface area (Å²) >= 11 is 0. The molecule has 26 heavy (non-hydrogen) atoms. The molecule has 3 heterocycles. The molecule has 4 rings (SSSR count). The highest BCUT2D eigenvalue weighted by atomic mass is 16.3. The van der Waals surface area contributed by atoms with Gasteiger partial charge >= 0.3 is 0 Å². The number of aliphatic hydroxyl groups excluding tert-OH is 1. The summed E-state index contributed by atoms with van der Waals surface area (Å²) in [6.45, 7) is 5.39. The van der Waals surface area contributed by atoms with Gasteiger partial charge in [0.25, 0.3) is 0 Å². The largest absolute Gasteiger partial charge is 0.396 e. The fourth-order valence-electron chi connectivity index (χ4n) is 5.22. The Morgan fingerprint density at radius 1 is 1.23 bits per heavy atom. The zero-order valence-electron chi connectivity index (χ0n) is 15.9. The number of aliphatic hydroxyl groups is 1. The first-order valence-corrected chi connectivity index (χ1v) is 10.2. The van der Waals surface area contributed by atoms with Crippen LogP contribution in [0.4, 0.5) is 5.82 Å². The lowest BCUT2D eigenvalue weighted by molar-refractivity contribution is -0.135. The first-order valence-electron chi connectivity index (χ1n) is 10.2. The van der Waals surface area contributed by atoms with Crippen LogP contribution in [0, 0.1) is 24.2 Å². The Morgan fingerprint density at radius 3 is 2.65 bits per heavy atom. The molecule has 1 aliphatic carbocycles. The van der Waals surface area contributed by atoms with Crippen LogP contribution >= 0.6 is 0 Å². The van der Waals surface area contributed by atoms with Crippen LogP contribution in [-0.4, -0.2) is 53.7 Å². The van der Waals surface area contributed by atoms with Crippen LogP contribution in [0.1, 0.15) is 44.1 Å². The van der Waals surface area contributed by atoms with Gasteiger partial charge in [0.05, 0.1) is 6.61 Å². The lowest BCUT2D eigenvalue weighted by Gasteiger charge is -2.29. The van der Waals surface area contributed by atoms with Crippen LogP contribution in [-0.2, 0) is 4.79 Å². The zero-order chi connectivity index (χ0) is 18.1. The Hall–Kier alpha value is -1.62. The van der Waals surface area contributed by atoms with E-state index in [0.29, 0.717) is 18.4 Å². The second kappa shape index (κ2) is 7.18. The molecule has 0 spiro atoms. The molecule has 2 atom stereocenters. The third-order valence-corrected chi connectivity index (χ3v) is 6.82. The third kappa shape index (κ3) is 3.22. The monoisotopic (exact) mass is 357 g/mol. The highest BCUT2D eigenvalue weighted by Gasteiger charge is 2.53. The van der Waals surface area contributed by atoms with Gasteiger partial charge in [-0.2, -0.15) is 0 Å². The number of hydrogen-bond acceptors (Lipinski definition) is 4. The number of carbonyl (C=O) groups excluding carboxylic acids is 1. The summed E-state index contributed by atoms with van der Waals surface area (Å²) in [7, 11) is 0. The van der Waals surface area contributed by atoms with Crippen molar-refractivity contribution in [3.05, 3.63) is 23.9 Å². The number of likely N-dealkylation sites (tertiary alicyclic amines) is 1. The average Bonchev–Trinajstić information content (AvgIpc) is 3.03. The number of aromatic nitrogens is 1. The van der Waals surface area contributed by atoms with Gasteiger partial charge in [0, 0.05) is 49.6 Å². The molecule has 1 amide bonds. The fraction of sp³-hybridized carbons (Fsp3) is 0.714. The maximum absolute atomic E-state index is 13.1. The molecule has 2 unspecified atom stereocenters. The van der Waals surface area contributed by atoms with Crippen molar-refractivity contribution >= 4 is 11.7 Å². The van der Waals surface area contributed by atoms with Gasteiger partial charge in [-0.1, -0.05) is 25.7 Å². The van der Waals surface area contributed by atoms with E-state index >= 15 is 0 Å². The van der Waals surface area contributed by atoms with Crippen molar-refractivity contribution in [2.75, 3.05) is 37.7 Å². The number of carbonyl (C=O) groups is 1. The molecule has 0 bridgehead atoms. The summed E-state index contributed by atoms with van der Waals surface area (Å²) in [4.78, 5) is 21.9. The molecule has 2 saturated heterocycles. The van der Waals surface area contributed by atoms with E-state index in [0.717, 1.165) is 38.3 Å². The van der Waals surface area contributed by atoms with Gasteiger partial charge in [0.2, 0.25) is 5.91 Å². The molecule has 3 fully saturated rings. The Balaban J connectivity index is 1.46. The van der Waals surface area contributed by atoms with Gasteiger partial charge < -0.3 is 14.9 Å². The normalized spacial score (nSPS) is 29.7. The summed E-state index contributed by atoms with van der Waals surface area (Å²) < 4.78 is 0. The van der Waals surface area contributed by atoms with Crippen molar-refractivity contribution in [3.63, 3.8) is 0 Å². The van der Waals surface area contributed by atoms with Crippen LogP contribution in [0.3, 0.4) is 0 Å². The minimum Gasteiger partial charge on any atom is -0.396 e. The molecule has 0 aromatic carbocycles. The molecular weight excluding hydrogens is 326 g/mol. The van der Waals surface area contributed by atoms with Crippen molar-refractivity contribution < 1.29 is 9.90 Å². The summed E-state index contributed by atoms with van der Waals surface area (Å²) in [6.07, 6.45) is 8.86. The standard InChI is InChI=1S/C21H31N3O2/c1-16-8-9-22-19(10-16)23-11-18-12-24(14-21(18,13-23)15-25)20(26)17-6-4-2-3-5-7-17/h8-10,17-18,25H,2-7,11-15H2,1H3. The van der Waals surface area contributed by atoms with Crippen molar-refractivity contribution in [2.24, 2.45) is 17.3 Å². The van der Waals surface area contributed by atoms with Crippen LogP contribution < -0.4 is 4.90 Å². The molecular formula is C21H31N3O2. The molecule has 5 heteroatoms. The van der Waals surface area contributed by atoms with Crippen molar-refractivity contribution in [3.8, 4) is 0 Å². The quantitative estimate of drug-likeness (QED) is 0.845. The molecule has 1 aromatic heterocycles. The van der Waals surface area contributed by atoms with E-state index in [9.17, 15) is 9.90 Å². The Labute approximate surface area is 156 Å². The minimum atomic E-state index is -0.189. The molecule has 1 N–H and O–H groups in total. The van der Waals surface area contributed by atoms with Gasteiger partial charge in [-0.3, -0.25) is 4.79 Å². The van der Waals surface area contributed by atoms with Crippen LogP contribution in [0.5, 0.6) is 0 Å². The molecule has 142 valence electrons. The van der Waals surface area contributed by atoms with Crippen LogP contribution in [0.2, 0.25) is 0 Å². The summed E-state index contributed by atoms with van der Waals surface area (Å²) in [5.74, 6) is 1.88. The average molecular weight is 357 g/mol. The van der Waals surface area contributed by atoms with Gasteiger partial charge in [-0.25, -0.2) is 4.98 Å². The summed E-state index contributed by atoms with van der Waals surface area (Å²) in [5, 5.41) is 10.2. The molecule has 1 aromatic rings. The van der Waals surface area contributed by atoms with E-state index in [1.165, 1.54) is 31.2 Å². The van der Waals surface area contributed by atoms with E-state index in [4.69, 9.17) is 0 Å². The lowest BCUT2D eigenvalue weighted by atomic mass is 9.82. The molecule has 0 radical (unpaired) electrons. The second-order valence-corrected chi connectivity index (χ2v) is 8.70. The smallest absolute Gasteiger partial charge is 0.225 e. The summed E-state index contributed by atoms with van der Waals surface area (Å²) in [6, 6.07) is 4.12. The van der Waals surface area contributed by atoms with Gasteiger partial charge in [-0.05, 0) is 37.5 Å². The van der Waals surface area contributed by atoms with E-state index in [1.807, 2.05) is 12.3 Å². The molecule has 2 aliphatic heterocycles. The van der Waals surface area contributed by atoms with Crippen LogP contribution in [0.25, 0.3) is 0 Å². The number of aryl methyl sites for hydroxylation is 1. The lowest BCUT2D eigenvalue weighted by Crippen LogP contribution is -2.41. The Morgan fingerprint density at radius 2 is 2.00 bits per heavy atom. The van der Waals surface area contributed by atoms with E-state index < -0.39 is 0 Å². The fourth-order valence-corrected chi connectivity index (χ4v) is 5.22. The van der Waals surface area contributed by atoms with E-state index in [2.05, 4.69) is 27.8 Å². The number of pyridine rings is 1. The number of amides is 1. The molecule has 5 nitrogen and oxygen atoms in total. The van der Waals surface area contributed by atoms with Crippen molar-refractivity contribution in [2.45, 2.75) is 45.4 Å². The zero-order valence-corrected chi connectivity index (χ0v) is 15.9. The van der Waals surface area contributed by atoms with E-state index in [-0.39, 0.29) is 17.9 Å². The van der Waals surface area contributed by atoms with Gasteiger partial charge in [-0.15, -0.1) is 0 Å². The maximum Gasteiger partial charge on any atom is 0.225 e. The number of anilines is 1. The molecule has 1 saturated carbocycles. The Kier molecular flexibility index (Phi) is 4.91. The maximum atomic E-state index is 13.1. The minimum absolute atomic E-state index is 0.147. The number of nitrogens with zero attached hydrogens (tertiary/aromatic N) is 3. The summed E-state index contributed by atoms with van der Waals surface area (Å²) in [5.41, 5.74) is 1.02. The first-order chi connectivity index (χ1) is 12.6. The van der Waals surface area contributed by atoms with Crippen molar-refractivity contribution in [1.29, 1.82) is 0 Å². The van der Waals surface area contributed by atoms with Gasteiger partial charge in [0.15, 0.2) is 0 Å². The Bertz CT molecular complexity index is 656. The predicted octanol–water partition coefficient (Wildman–Crippen LogP) is 2.62.